The van der Waals surface area contributed by atoms with E-state index in [0.717, 1.165) is 11.5 Å². The van der Waals surface area contributed by atoms with E-state index in [1.54, 1.807) is 0 Å². The fourth-order valence-corrected chi connectivity index (χ4v) is 1.85. The highest BCUT2D eigenvalue weighted by Crippen LogP contribution is 2.23. The molecule has 0 saturated carbocycles. The minimum absolute atomic E-state index is 0. The Morgan fingerprint density at radius 3 is 2.17 bits per heavy atom. The van der Waals surface area contributed by atoms with Gasteiger partial charge in [0, 0.05) is 0 Å². The molecule has 0 amide bonds. The molecule has 2 aromatic carbocycles. The zero-order valence-corrected chi connectivity index (χ0v) is 14.3. The Morgan fingerprint density at radius 1 is 1.00 bits per heavy atom. The summed E-state index contributed by atoms with van der Waals surface area (Å²) < 4.78 is 11.2. The molecule has 0 saturated heterocycles. The van der Waals surface area contributed by atoms with Crippen LogP contribution in [0.1, 0.15) is 12.8 Å². The summed E-state index contributed by atoms with van der Waals surface area (Å²) in [4.78, 5) is 10.6. The topological polar surface area (TPSA) is 81.8 Å². The van der Waals surface area contributed by atoms with Gasteiger partial charge in [-0.3, -0.25) is 4.79 Å². The molecule has 1 unspecified atom stereocenters. The van der Waals surface area contributed by atoms with Gasteiger partial charge in [0.25, 0.3) is 0 Å². The van der Waals surface area contributed by atoms with Gasteiger partial charge in [0.05, 0.1) is 6.61 Å². The first-order valence-electron chi connectivity index (χ1n) is 7.09. The lowest BCUT2D eigenvalue weighted by atomic mass is 10.2. The van der Waals surface area contributed by atoms with Crippen LogP contribution in [0.3, 0.4) is 0 Å². The van der Waals surface area contributed by atoms with Crippen molar-refractivity contribution in [1.82, 2.24) is 0 Å². The molecular weight excluding hydrogens is 362 g/mol. The van der Waals surface area contributed by atoms with Crippen LogP contribution in [0.5, 0.6) is 17.2 Å². The molecule has 5 nitrogen and oxygen atoms in total. The highest BCUT2D eigenvalue weighted by Gasteiger charge is 2.10. The Labute approximate surface area is 145 Å². The Balaban J connectivity index is 0.00000264. The smallest absolute Gasteiger partial charge is 0.320 e. The second-order valence-electron chi connectivity index (χ2n) is 4.82. The molecule has 0 spiro atoms. The van der Waals surface area contributed by atoms with Crippen molar-refractivity contribution in [2.75, 3.05) is 6.61 Å². The van der Waals surface area contributed by atoms with Crippen molar-refractivity contribution in [3.63, 3.8) is 0 Å². The molecule has 0 aliphatic rings. The molecule has 0 aromatic heterocycles. The standard InChI is InChI=1S/C17H19NO4.BrH/c18-16(17(19)20)7-4-12-21-13-8-10-15(11-9-13)22-14-5-2-1-3-6-14;/h1-3,5-6,8-11,16H,4,7,12,18H2,(H,19,20);1H. The number of ether oxygens (including phenoxy) is 2. The Bertz CT molecular complexity index is 589. The molecular formula is C17H20BrNO4. The van der Waals surface area contributed by atoms with Gasteiger partial charge in [0.1, 0.15) is 23.3 Å². The van der Waals surface area contributed by atoms with Gasteiger partial charge in [0.2, 0.25) is 0 Å². The van der Waals surface area contributed by atoms with E-state index in [2.05, 4.69) is 0 Å². The zero-order valence-electron chi connectivity index (χ0n) is 12.6. The van der Waals surface area contributed by atoms with Crippen LogP contribution in [-0.2, 0) is 4.79 Å². The van der Waals surface area contributed by atoms with Crippen molar-refractivity contribution in [2.24, 2.45) is 5.73 Å². The fraction of sp³-hybridized carbons (Fsp3) is 0.235. The number of para-hydroxylation sites is 1. The van der Waals surface area contributed by atoms with Gasteiger partial charge in [-0.1, -0.05) is 18.2 Å². The van der Waals surface area contributed by atoms with E-state index in [1.807, 2.05) is 54.6 Å². The van der Waals surface area contributed by atoms with E-state index in [1.165, 1.54) is 0 Å². The summed E-state index contributed by atoms with van der Waals surface area (Å²) in [6, 6.07) is 16.0. The van der Waals surface area contributed by atoms with Crippen LogP contribution in [0.25, 0.3) is 0 Å². The number of carboxylic acid groups (broad SMARTS) is 1. The van der Waals surface area contributed by atoms with Crippen molar-refractivity contribution >= 4 is 23.0 Å². The number of nitrogens with two attached hydrogens (primary N) is 1. The van der Waals surface area contributed by atoms with Crippen molar-refractivity contribution in [3.05, 3.63) is 54.6 Å². The SMILES string of the molecule is Br.NC(CCCOc1ccc(Oc2ccccc2)cc1)C(=O)O. The maximum absolute atomic E-state index is 10.6. The first-order valence-corrected chi connectivity index (χ1v) is 7.09. The van der Waals surface area contributed by atoms with Crippen molar-refractivity contribution in [1.29, 1.82) is 0 Å². The van der Waals surface area contributed by atoms with E-state index >= 15 is 0 Å². The lowest BCUT2D eigenvalue weighted by molar-refractivity contribution is -0.138. The summed E-state index contributed by atoms with van der Waals surface area (Å²) in [7, 11) is 0. The Morgan fingerprint density at radius 2 is 1.57 bits per heavy atom. The van der Waals surface area contributed by atoms with Crippen LogP contribution in [0.15, 0.2) is 54.6 Å². The number of carbonyl (C=O) groups is 1. The molecule has 3 N–H and O–H groups in total. The van der Waals surface area contributed by atoms with Gasteiger partial charge in [-0.2, -0.15) is 0 Å². The fourth-order valence-electron chi connectivity index (χ4n) is 1.85. The Hall–Kier alpha value is -2.05. The lowest BCUT2D eigenvalue weighted by Crippen LogP contribution is -2.30. The number of halogens is 1. The van der Waals surface area contributed by atoms with Crippen LogP contribution < -0.4 is 15.2 Å². The van der Waals surface area contributed by atoms with Crippen LogP contribution in [0, 0.1) is 0 Å². The summed E-state index contributed by atoms with van der Waals surface area (Å²) in [5, 5.41) is 8.67. The zero-order chi connectivity index (χ0) is 15.8. The lowest BCUT2D eigenvalue weighted by Gasteiger charge is -2.09. The predicted octanol–water partition coefficient (Wildman–Crippen LogP) is 3.63. The van der Waals surface area contributed by atoms with Crippen LogP contribution in [-0.4, -0.2) is 23.7 Å². The summed E-state index contributed by atoms with van der Waals surface area (Å²) in [6.07, 6.45) is 0.986. The third-order valence-electron chi connectivity index (χ3n) is 3.05. The molecule has 2 aromatic rings. The van der Waals surface area contributed by atoms with E-state index in [9.17, 15) is 4.79 Å². The number of hydrogen-bond donors (Lipinski definition) is 2. The quantitative estimate of drug-likeness (QED) is 0.682. The molecule has 1 atom stereocenters. The molecule has 2 rings (SSSR count). The summed E-state index contributed by atoms with van der Waals surface area (Å²) >= 11 is 0. The maximum Gasteiger partial charge on any atom is 0.320 e. The second kappa shape index (κ2) is 9.86. The minimum atomic E-state index is -0.984. The minimum Gasteiger partial charge on any atom is -0.494 e. The van der Waals surface area contributed by atoms with Gasteiger partial charge in [-0.05, 0) is 49.2 Å². The molecule has 0 radical (unpaired) electrons. The van der Waals surface area contributed by atoms with E-state index < -0.39 is 12.0 Å². The van der Waals surface area contributed by atoms with Crippen molar-refractivity contribution in [2.45, 2.75) is 18.9 Å². The number of aliphatic carboxylic acids is 1. The molecule has 124 valence electrons. The molecule has 0 bridgehead atoms. The summed E-state index contributed by atoms with van der Waals surface area (Å²) in [5.41, 5.74) is 5.42. The van der Waals surface area contributed by atoms with Gasteiger partial charge in [0.15, 0.2) is 0 Å². The molecule has 23 heavy (non-hydrogen) atoms. The molecule has 0 heterocycles. The third-order valence-corrected chi connectivity index (χ3v) is 3.05. The predicted molar refractivity (Wildman–Crippen MR) is 93.6 cm³/mol. The highest BCUT2D eigenvalue weighted by atomic mass is 79.9. The molecule has 0 fully saturated rings. The van der Waals surface area contributed by atoms with Gasteiger partial charge >= 0.3 is 5.97 Å². The molecule has 6 heteroatoms. The summed E-state index contributed by atoms with van der Waals surface area (Å²) in [6.45, 7) is 0.430. The Kier molecular flexibility index (Phi) is 8.15. The number of rotatable bonds is 8. The van der Waals surface area contributed by atoms with E-state index in [4.69, 9.17) is 20.3 Å². The van der Waals surface area contributed by atoms with Crippen LogP contribution in [0.2, 0.25) is 0 Å². The number of benzene rings is 2. The van der Waals surface area contributed by atoms with E-state index in [-0.39, 0.29) is 17.0 Å². The van der Waals surface area contributed by atoms with Crippen molar-refractivity contribution < 1.29 is 19.4 Å². The second-order valence-corrected chi connectivity index (χ2v) is 4.82. The maximum atomic E-state index is 10.6. The monoisotopic (exact) mass is 381 g/mol. The summed E-state index contributed by atoms with van der Waals surface area (Å²) in [5.74, 6) is 1.23. The van der Waals surface area contributed by atoms with Gasteiger partial charge in [-0.25, -0.2) is 0 Å². The highest BCUT2D eigenvalue weighted by molar-refractivity contribution is 8.93. The van der Waals surface area contributed by atoms with Crippen LogP contribution >= 0.6 is 17.0 Å². The average molecular weight is 382 g/mol. The van der Waals surface area contributed by atoms with Gasteiger partial charge < -0.3 is 20.3 Å². The van der Waals surface area contributed by atoms with Crippen LogP contribution in [0.4, 0.5) is 0 Å². The largest absolute Gasteiger partial charge is 0.494 e. The third kappa shape index (κ3) is 6.71. The first-order chi connectivity index (χ1) is 10.6. The first kappa shape index (κ1) is 19.0. The van der Waals surface area contributed by atoms with Crippen molar-refractivity contribution in [3.8, 4) is 17.2 Å². The molecule has 0 aliphatic heterocycles. The number of carboxylic acids is 1. The number of hydrogen-bond acceptors (Lipinski definition) is 4. The van der Waals surface area contributed by atoms with Gasteiger partial charge in [-0.15, -0.1) is 17.0 Å². The van der Waals surface area contributed by atoms with E-state index in [0.29, 0.717) is 25.2 Å². The average Bonchev–Trinajstić information content (AvgIpc) is 2.53. The normalized spacial score (nSPS) is 11.2. The molecule has 0 aliphatic carbocycles.